The average Bonchev–Trinajstić information content (AvgIpc) is 1.76. The molecule has 0 saturated heterocycles. The maximum Gasteiger partial charge on any atom is 4.00 e. The van der Waals surface area contributed by atoms with Crippen LogP contribution < -0.4 is 58.7 Å². The molecule has 0 aromatic heterocycles. The topological polar surface area (TPSA) is 277 Å². The summed E-state index contributed by atoms with van der Waals surface area (Å²) in [5.41, 5.74) is 0. The molecule has 0 amide bonds. The molecule has 0 heterocycles. The summed E-state index contributed by atoms with van der Waals surface area (Å²) in [5.74, 6) is 0. The molecule has 0 saturated carbocycles. The smallest absolute Gasteiger partial charge is 0.854 e. The first-order valence-corrected chi connectivity index (χ1v) is 6.57. The molecular weight excluding hydrogens is 604 g/mol. The van der Waals surface area contributed by atoms with Gasteiger partial charge in [0, 0.05) is 0 Å². The normalized spacial score (nSPS) is 7.58. The summed E-state index contributed by atoms with van der Waals surface area (Å²) in [6, 6.07) is 0. The van der Waals surface area contributed by atoms with Crippen LogP contribution in [0.3, 0.4) is 0 Å². The largest absolute Gasteiger partial charge is 4.00 e. The van der Waals surface area contributed by atoms with E-state index < -0.39 is 34.4 Å². The van der Waals surface area contributed by atoms with Crippen molar-refractivity contribution in [3.63, 3.8) is 0 Å². The molecule has 0 aliphatic heterocycles. The third-order valence-electron chi connectivity index (χ3n) is 0. The van der Waals surface area contributed by atoms with Gasteiger partial charge >= 0.3 is 63.2 Å². The molecular formula is Mo3O12P4. The van der Waals surface area contributed by atoms with Crippen molar-refractivity contribution in [3.05, 3.63) is 0 Å². The van der Waals surface area contributed by atoms with Crippen LogP contribution in [0, 0.1) is 0 Å². The second-order valence-corrected chi connectivity index (χ2v) is 2.68. The molecule has 12 nitrogen and oxygen atoms in total. The van der Waals surface area contributed by atoms with Gasteiger partial charge in [-0.3, -0.25) is 0 Å². The zero-order valence-corrected chi connectivity index (χ0v) is 17.5. The maximum absolute atomic E-state index is 8.48. The molecule has 0 N–H and O–H groups in total. The quantitative estimate of drug-likeness (QED) is 0.184. The Kier molecular flexibility index (Phi) is 85.3. The van der Waals surface area contributed by atoms with Gasteiger partial charge in [-0.1, -0.05) is 0 Å². The molecule has 0 unspecified atom stereocenters. The van der Waals surface area contributed by atoms with E-state index in [1.54, 1.807) is 0 Å². The molecule has 0 aliphatic rings. The molecule has 0 aromatic carbocycles. The van der Waals surface area contributed by atoms with Gasteiger partial charge in [0.1, 0.15) is 0 Å². The molecule has 0 rings (SSSR count). The van der Waals surface area contributed by atoms with E-state index in [-0.39, 0.29) is 63.2 Å². The van der Waals surface area contributed by atoms with Gasteiger partial charge in [-0.2, -0.15) is 0 Å². The van der Waals surface area contributed by atoms with Gasteiger partial charge < -0.3 is 93.1 Å². The average molecular weight is 604 g/mol. The maximum atomic E-state index is 8.48. The third kappa shape index (κ3) is 727. The van der Waals surface area contributed by atoms with E-state index in [4.69, 9.17) is 58.7 Å². The van der Waals surface area contributed by atoms with Gasteiger partial charge in [0.2, 0.25) is 0 Å². The zero-order valence-electron chi connectivity index (χ0n) is 7.91. The van der Waals surface area contributed by atoms with Gasteiger partial charge in [0.15, 0.2) is 0 Å². The van der Waals surface area contributed by atoms with E-state index in [2.05, 4.69) is 0 Å². The van der Waals surface area contributed by atoms with Crippen molar-refractivity contribution in [2.45, 2.75) is 0 Å². The van der Waals surface area contributed by atoms with Crippen LogP contribution in [0.1, 0.15) is 0 Å². The van der Waals surface area contributed by atoms with Gasteiger partial charge in [0.25, 0.3) is 0 Å². The van der Waals surface area contributed by atoms with Crippen LogP contribution in [0.5, 0.6) is 0 Å². The van der Waals surface area contributed by atoms with E-state index in [1.807, 2.05) is 0 Å². The van der Waals surface area contributed by atoms with E-state index in [9.17, 15) is 0 Å². The first kappa shape index (κ1) is 43.2. The Morgan fingerprint density at radius 1 is 0.263 bits per heavy atom. The van der Waals surface area contributed by atoms with Crippen molar-refractivity contribution in [1.82, 2.24) is 0 Å². The third-order valence-corrected chi connectivity index (χ3v) is 0. The fourth-order valence-electron chi connectivity index (χ4n) is 0. The van der Waals surface area contributed by atoms with E-state index in [1.165, 1.54) is 0 Å². The van der Waals surface area contributed by atoms with Crippen molar-refractivity contribution in [3.8, 4) is 0 Å². The van der Waals surface area contributed by atoms with Crippen LogP contribution in [0.25, 0.3) is 0 Å². The summed E-state index contributed by atoms with van der Waals surface area (Å²) in [6.07, 6.45) is 0. The summed E-state index contributed by atoms with van der Waals surface area (Å²) < 4.78 is 0. The Balaban J connectivity index is -0.0000000192. The molecule has 0 bridgehead atoms. The van der Waals surface area contributed by atoms with Crippen molar-refractivity contribution >= 4 is 34.4 Å². The minimum Gasteiger partial charge on any atom is -0.854 e. The fraction of sp³-hybridized carbons (Fsp3) is 0. The second kappa shape index (κ2) is 37.5. The SMILES string of the molecule is [Mo+4].[Mo+4].[Mo+4].[O-]P([O-])[O-].[O-]P([O-])[O-].[O-]P([O-])[O-].[O-]P([O-])[O-]. The van der Waals surface area contributed by atoms with Gasteiger partial charge in [-0.25, -0.2) is 0 Å². The predicted octanol–water partition coefficient (Wildman–Crippen LogP) is -10.8. The minimum absolute atomic E-state index is 0. The standard InChI is InChI=1S/3Mo.4O3P/c;;;4*1-4(2)3/q3*+4;4*-3. The Bertz CT molecular complexity index is 68.0. The predicted molar refractivity (Wildman–Crippen MR) is 27.7 cm³/mol. The van der Waals surface area contributed by atoms with Crippen molar-refractivity contribution in [2.75, 3.05) is 0 Å². The van der Waals surface area contributed by atoms with Crippen molar-refractivity contribution in [2.24, 2.45) is 0 Å². The molecule has 19 heteroatoms. The first-order valence-electron chi connectivity index (χ1n) is 2.19. The minimum atomic E-state index is -3.37. The molecule has 0 aromatic rings. The monoisotopic (exact) mass is 610 g/mol. The number of rotatable bonds is 0. The van der Waals surface area contributed by atoms with Gasteiger partial charge in [0.05, 0.1) is 0 Å². The molecule has 0 radical (unpaired) electrons. The van der Waals surface area contributed by atoms with Crippen LogP contribution in [-0.4, -0.2) is 0 Å². The Labute approximate surface area is 155 Å². The molecule has 0 atom stereocenters. The Hall–Kier alpha value is 3.30. The van der Waals surface area contributed by atoms with Crippen molar-refractivity contribution in [1.29, 1.82) is 0 Å². The summed E-state index contributed by atoms with van der Waals surface area (Å²) in [5, 5.41) is 0. The molecule has 110 valence electrons. The zero-order chi connectivity index (χ0) is 14.3. The van der Waals surface area contributed by atoms with Crippen LogP contribution >= 0.6 is 34.4 Å². The summed E-state index contributed by atoms with van der Waals surface area (Å²) in [6.45, 7) is 0. The number of hydrogen-bond donors (Lipinski definition) is 0. The van der Waals surface area contributed by atoms with Crippen LogP contribution in [0.15, 0.2) is 0 Å². The summed E-state index contributed by atoms with van der Waals surface area (Å²) in [4.78, 5) is 102. The van der Waals surface area contributed by atoms with Gasteiger partial charge in [-0.05, 0) is 0 Å². The Morgan fingerprint density at radius 2 is 0.263 bits per heavy atom. The Morgan fingerprint density at radius 3 is 0.263 bits per heavy atom. The molecule has 0 fully saturated rings. The molecule has 0 aliphatic carbocycles. The van der Waals surface area contributed by atoms with E-state index in [0.717, 1.165) is 0 Å². The first-order chi connectivity index (χ1) is 6.93. The van der Waals surface area contributed by atoms with Crippen LogP contribution in [0.2, 0.25) is 0 Å². The van der Waals surface area contributed by atoms with Gasteiger partial charge in [-0.15, -0.1) is 0 Å². The number of hydrogen-bond acceptors (Lipinski definition) is 12. The molecule has 19 heavy (non-hydrogen) atoms. The second-order valence-electron chi connectivity index (χ2n) is 0.894. The van der Waals surface area contributed by atoms with Crippen LogP contribution in [-0.2, 0) is 63.2 Å². The molecule has 0 spiro atoms. The van der Waals surface area contributed by atoms with Crippen molar-refractivity contribution < 1.29 is 122 Å². The van der Waals surface area contributed by atoms with E-state index in [0.29, 0.717) is 0 Å². The van der Waals surface area contributed by atoms with Crippen LogP contribution in [0.4, 0.5) is 0 Å². The fourth-order valence-corrected chi connectivity index (χ4v) is 0. The summed E-state index contributed by atoms with van der Waals surface area (Å²) >= 11 is 0. The van der Waals surface area contributed by atoms with E-state index >= 15 is 0 Å². The summed E-state index contributed by atoms with van der Waals surface area (Å²) in [7, 11) is -13.5.